The summed E-state index contributed by atoms with van der Waals surface area (Å²) >= 11 is 0. The SMILES string of the molecule is CCNc1cc(N2CCC(C)(C)C2)nc(CC)n1. The van der Waals surface area contributed by atoms with Gasteiger partial charge in [0.05, 0.1) is 0 Å². The van der Waals surface area contributed by atoms with Crippen molar-refractivity contribution in [3.8, 4) is 0 Å². The van der Waals surface area contributed by atoms with Gasteiger partial charge in [-0.2, -0.15) is 0 Å². The molecule has 0 amide bonds. The van der Waals surface area contributed by atoms with Crippen LogP contribution in [-0.4, -0.2) is 29.6 Å². The highest BCUT2D eigenvalue weighted by Crippen LogP contribution is 2.32. The van der Waals surface area contributed by atoms with E-state index in [1.54, 1.807) is 0 Å². The summed E-state index contributed by atoms with van der Waals surface area (Å²) in [5.74, 6) is 2.94. The molecule has 2 rings (SSSR count). The molecule has 1 aliphatic heterocycles. The van der Waals surface area contributed by atoms with E-state index in [2.05, 4.69) is 53.9 Å². The van der Waals surface area contributed by atoms with Gasteiger partial charge in [0, 0.05) is 32.1 Å². The smallest absolute Gasteiger partial charge is 0.134 e. The summed E-state index contributed by atoms with van der Waals surface area (Å²) in [6.45, 7) is 11.9. The molecule has 0 aromatic carbocycles. The molecule has 1 N–H and O–H groups in total. The molecule has 1 aromatic rings. The standard InChI is InChI=1S/C14H24N4/c1-5-11-16-12(15-6-2)9-13(17-11)18-8-7-14(3,4)10-18/h9H,5-8,10H2,1-4H3,(H,15,16,17). The Kier molecular flexibility index (Phi) is 3.73. The van der Waals surface area contributed by atoms with E-state index in [0.717, 1.165) is 43.5 Å². The Morgan fingerprint density at radius 2 is 2.11 bits per heavy atom. The second-order valence-corrected chi connectivity index (χ2v) is 5.75. The van der Waals surface area contributed by atoms with E-state index in [1.807, 2.05) is 0 Å². The monoisotopic (exact) mass is 248 g/mol. The summed E-state index contributed by atoms with van der Waals surface area (Å²) in [7, 11) is 0. The van der Waals surface area contributed by atoms with Gasteiger partial charge in [-0.1, -0.05) is 20.8 Å². The maximum absolute atomic E-state index is 4.66. The highest BCUT2D eigenvalue weighted by molar-refractivity contribution is 5.50. The summed E-state index contributed by atoms with van der Waals surface area (Å²) in [6.07, 6.45) is 2.11. The number of rotatable bonds is 4. The summed E-state index contributed by atoms with van der Waals surface area (Å²) in [5.41, 5.74) is 0.398. The van der Waals surface area contributed by atoms with Crippen molar-refractivity contribution in [3.05, 3.63) is 11.9 Å². The lowest BCUT2D eigenvalue weighted by Gasteiger charge is -2.21. The molecule has 0 saturated carbocycles. The zero-order chi connectivity index (χ0) is 13.2. The van der Waals surface area contributed by atoms with E-state index in [1.165, 1.54) is 6.42 Å². The van der Waals surface area contributed by atoms with Crippen LogP contribution in [0.3, 0.4) is 0 Å². The molecule has 0 bridgehead atoms. The molecule has 100 valence electrons. The van der Waals surface area contributed by atoms with E-state index in [4.69, 9.17) is 0 Å². The minimum absolute atomic E-state index is 0.398. The molecule has 0 unspecified atom stereocenters. The normalized spacial score (nSPS) is 18.1. The first-order valence-corrected chi connectivity index (χ1v) is 6.91. The van der Waals surface area contributed by atoms with Crippen LogP contribution in [0, 0.1) is 5.41 Å². The Hall–Kier alpha value is -1.32. The maximum Gasteiger partial charge on any atom is 0.134 e. The number of anilines is 2. The molecular formula is C14H24N4. The van der Waals surface area contributed by atoms with E-state index in [-0.39, 0.29) is 0 Å². The lowest BCUT2D eigenvalue weighted by molar-refractivity contribution is 0.418. The largest absolute Gasteiger partial charge is 0.370 e. The Bertz CT molecular complexity index is 414. The number of hydrogen-bond donors (Lipinski definition) is 1. The zero-order valence-electron chi connectivity index (χ0n) is 12.0. The molecular weight excluding hydrogens is 224 g/mol. The molecule has 0 spiro atoms. The van der Waals surface area contributed by atoms with E-state index >= 15 is 0 Å². The second-order valence-electron chi connectivity index (χ2n) is 5.75. The average molecular weight is 248 g/mol. The summed E-state index contributed by atoms with van der Waals surface area (Å²) < 4.78 is 0. The Labute approximate surface area is 110 Å². The molecule has 1 fully saturated rings. The lowest BCUT2D eigenvalue weighted by Crippen LogP contribution is -2.24. The Morgan fingerprint density at radius 1 is 1.33 bits per heavy atom. The molecule has 0 aliphatic carbocycles. The number of nitrogens with one attached hydrogen (secondary N) is 1. The number of aryl methyl sites for hydroxylation is 1. The Balaban J connectivity index is 2.24. The highest BCUT2D eigenvalue weighted by Gasteiger charge is 2.30. The van der Waals surface area contributed by atoms with Crippen LogP contribution in [0.1, 0.15) is 39.9 Å². The molecule has 1 aromatic heterocycles. The van der Waals surface area contributed by atoms with Gasteiger partial charge in [0.1, 0.15) is 17.5 Å². The fourth-order valence-corrected chi connectivity index (χ4v) is 2.38. The fourth-order valence-electron chi connectivity index (χ4n) is 2.38. The predicted molar refractivity (Wildman–Crippen MR) is 76.2 cm³/mol. The molecule has 0 radical (unpaired) electrons. The van der Waals surface area contributed by atoms with Crippen molar-refractivity contribution >= 4 is 11.6 Å². The maximum atomic E-state index is 4.66. The van der Waals surface area contributed by atoms with E-state index < -0.39 is 0 Å². The fraction of sp³-hybridized carbons (Fsp3) is 0.714. The van der Waals surface area contributed by atoms with Crippen LogP contribution >= 0.6 is 0 Å². The third-order valence-corrected chi connectivity index (χ3v) is 3.43. The molecule has 1 aliphatic rings. The van der Waals surface area contributed by atoms with E-state index in [9.17, 15) is 0 Å². The van der Waals surface area contributed by atoms with Gasteiger partial charge in [-0.05, 0) is 18.8 Å². The molecule has 4 nitrogen and oxygen atoms in total. The lowest BCUT2D eigenvalue weighted by atomic mass is 9.93. The number of hydrogen-bond acceptors (Lipinski definition) is 4. The van der Waals surface area contributed by atoms with Gasteiger partial charge in [-0.15, -0.1) is 0 Å². The van der Waals surface area contributed by atoms with Crippen LogP contribution in [0.4, 0.5) is 11.6 Å². The number of aromatic nitrogens is 2. The van der Waals surface area contributed by atoms with Gasteiger partial charge in [0.25, 0.3) is 0 Å². The molecule has 4 heteroatoms. The topological polar surface area (TPSA) is 41.0 Å². The third kappa shape index (κ3) is 2.92. The van der Waals surface area contributed by atoms with Crippen molar-refractivity contribution in [3.63, 3.8) is 0 Å². The van der Waals surface area contributed by atoms with Gasteiger partial charge in [0.2, 0.25) is 0 Å². The van der Waals surface area contributed by atoms with Crippen LogP contribution in [0.25, 0.3) is 0 Å². The van der Waals surface area contributed by atoms with Crippen molar-refractivity contribution in [2.75, 3.05) is 29.9 Å². The first-order chi connectivity index (χ1) is 8.54. The van der Waals surface area contributed by atoms with Crippen molar-refractivity contribution in [2.24, 2.45) is 5.41 Å². The Morgan fingerprint density at radius 3 is 2.67 bits per heavy atom. The van der Waals surface area contributed by atoms with Gasteiger partial charge >= 0.3 is 0 Å². The third-order valence-electron chi connectivity index (χ3n) is 3.43. The first-order valence-electron chi connectivity index (χ1n) is 6.91. The van der Waals surface area contributed by atoms with E-state index in [0.29, 0.717) is 5.41 Å². The summed E-state index contributed by atoms with van der Waals surface area (Å²) in [5, 5.41) is 3.29. The minimum atomic E-state index is 0.398. The van der Waals surface area contributed by atoms with Crippen molar-refractivity contribution in [2.45, 2.75) is 40.5 Å². The second kappa shape index (κ2) is 5.12. The van der Waals surface area contributed by atoms with Crippen molar-refractivity contribution < 1.29 is 0 Å². The van der Waals surface area contributed by atoms with Gasteiger partial charge in [-0.25, -0.2) is 9.97 Å². The van der Waals surface area contributed by atoms with Gasteiger partial charge < -0.3 is 10.2 Å². The highest BCUT2D eigenvalue weighted by atomic mass is 15.2. The molecule has 18 heavy (non-hydrogen) atoms. The predicted octanol–water partition coefficient (Wildman–Crippen LogP) is 2.71. The zero-order valence-corrected chi connectivity index (χ0v) is 12.0. The molecule has 2 heterocycles. The number of nitrogens with zero attached hydrogens (tertiary/aromatic N) is 3. The summed E-state index contributed by atoms with van der Waals surface area (Å²) in [4.78, 5) is 11.5. The van der Waals surface area contributed by atoms with Crippen LogP contribution in [0.15, 0.2) is 6.07 Å². The van der Waals surface area contributed by atoms with Crippen LogP contribution in [0.5, 0.6) is 0 Å². The van der Waals surface area contributed by atoms with Gasteiger partial charge in [-0.3, -0.25) is 0 Å². The average Bonchev–Trinajstić information content (AvgIpc) is 2.70. The van der Waals surface area contributed by atoms with Crippen LogP contribution in [-0.2, 0) is 6.42 Å². The quantitative estimate of drug-likeness (QED) is 0.889. The molecule has 0 atom stereocenters. The van der Waals surface area contributed by atoms with Crippen molar-refractivity contribution in [1.82, 2.24) is 9.97 Å². The van der Waals surface area contributed by atoms with Crippen LogP contribution in [0.2, 0.25) is 0 Å². The van der Waals surface area contributed by atoms with Gasteiger partial charge in [0.15, 0.2) is 0 Å². The minimum Gasteiger partial charge on any atom is -0.370 e. The summed E-state index contributed by atoms with van der Waals surface area (Å²) in [6, 6.07) is 2.07. The van der Waals surface area contributed by atoms with Crippen molar-refractivity contribution in [1.29, 1.82) is 0 Å². The molecule has 1 saturated heterocycles. The van der Waals surface area contributed by atoms with Crippen LogP contribution < -0.4 is 10.2 Å². The first kappa shape index (κ1) is 13.1.